The predicted molar refractivity (Wildman–Crippen MR) is 400 cm³/mol. The van der Waals surface area contributed by atoms with Gasteiger partial charge in [0, 0.05) is 61.4 Å². The minimum atomic E-state index is -0.0184. The van der Waals surface area contributed by atoms with Gasteiger partial charge in [0.1, 0.15) is 5.82 Å². The number of hydrogen-bond acceptors (Lipinski definition) is 6. The van der Waals surface area contributed by atoms with Crippen molar-refractivity contribution >= 4 is 60.5 Å². The van der Waals surface area contributed by atoms with Crippen LogP contribution in [-0.4, -0.2) is 29.5 Å². The molecule has 0 N–H and O–H groups in total. The molecule has 0 fully saturated rings. The fourth-order valence-electron chi connectivity index (χ4n) is 12.4. The summed E-state index contributed by atoms with van der Waals surface area (Å²) in [6, 6.07) is 113. The minimum Gasteiger partial charge on any atom is -0.327 e. The number of benzene rings is 10. The van der Waals surface area contributed by atoms with E-state index < -0.39 is 0 Å². The van der Waals surface area contributed by atoms with Gasteiger partial charge in [0.25, 0.3) is 0 Å². The number of aromatic nitrogens is 6. The van der Waals surface area contributed by atoms with Crippen LogP contribution in [0.25, 0.3) is 105 Å². The van der Waals surface area contributed by atoms with Gasteiger partial charge in [-0.2, -0.15) is 0 Å². The van der Waals surface area contributed by atoms with Crippen molar-refractivity contribution in [2.75, 3.05) is 4.90 Å². The van der Waals surface area contributed by atoms with Gasteiger partial charge >= 0.3 is 42.1 Å². The molecule has 495 valence electrons. The largest absolute Gasteiger partial charge is 2.00 e. The Morgan fingerprint density at radius 2 is 0.820 bits per heavy atom. The summed E-state index contributed by atoms with van der Waals surface area (Å²) in [6.45, 7) is 13.6. The first-order valence-corrected chi connectivity index (χ1v) is 32.8. The molecule has 0 saturated carbocycles. The van der Waals surface area contributed by atoms with Crippen LogP contribution in [0.15, 0.2) is 304 Å². The van der Waals surface area contributed by atoms with Crippen molar-refractivity contribution in [3.8, 4) is 62.0 Å². The van der Waals surface area contributed by atoms with Crippen molar-refractivity contribution in [1.29, 1.82) is 0 Å². The topological polar surface area (TPSA) is 72.6 Å². The zero-order valence-electron chi connectivity index (χ0n) is 56.2. The summed E-state index contributed by atoms with van der Waals surface area (Å²) in [5.41, 5.74) is 19.8. The van der Waals surface area contributed by atoms with Crippen LogP contribution in [0.4, 0.5) is 17.2 Å². The number of nitrogens with zero attached hydrogens (tertiary/aromatic N) is 7. The normalized spacial score (nSPS) is 11.1. The Labute approximate surface area is 629 Å². The molecule has 0 aliphatic rings. The molecule has 0 saturated heterocycles. The molecule has 6 aromatic heterocycles. The third-order valence-corrected chi connectivity index (χ3v) is 17.3. The van der Waals surface area contributed by atoms with Gasteiger partial charge in [-0.05, 0) is 123 Å². The first kappa shape index (κ1) is 71.4. The Balaban J connectivity index is 0.000000152. The fourth-order valence-corrected chi connectivity index (χ4v) is 12.4. The van der Waals surface area contributed by atoms with Crippen molar-refractivity contribution in [3.05, 3.63) is 356 Å². The van der Waals surface area contributed by atoms with Gasteiger partial charge < -0.3 is 29.4 Å². The van der Waals surface area contributed by atoms with E-state index in [0.29, 0.717) is 0 Å². The molecule has 7 nitrogen and oxygen atoms in total. The van der Waals surface area contributed by atoms with Crippen LogP contribution in [0, 0.1) is 30.3 Å². The summed E-state index contributed by atoms with van der Waals surface area (Å²) >= 11 is 0. The van der Waals surface area contributed by atoms with Gasteiger partial charge in [-0.15, -0.1) is 153 Å². The summed E-state index contributed by atoms with van der Waals surface area (Å²) in [5.74, 6) is 0.824. The van der Waals surface area contributed by atoms with Gasteiger partial charge in [0.05, 0.1) is 11.0 Å². The van der Waals surface area contributed by atoms with Crippen molar-refractivity contribution in [2.45, 2.75) is 58.8 Å². The second-order valence-electron chi connectivity index (χ2n) is 26.1. The first-order chi connectivity index (χ1) is 47.4. The maximum atomic E-state index is 5.14. The Morgan fingerprint density at radius 1 is 0.370 bits per heavy atom. The molecule has 0 amide bonds. The maximum Gasteiger partial charge on any atom is 2.00 e. The molecule has 10 aromatic carbocycles. The van der Waals surface area contributed by atoms with Crippen molar-refractivity contribution in [1.82, 2.24) is 29.5 Å². The van der Waals surface area contributed by atoms with Gasteiger partial charge in [0.2, 0.25) is 0 Å². The Hall–Kier alpha value is -9.90. The number of para-hydroxylation sites is 2. The Bertz CT molecular complexity index is 5120. The Morgan fingerprint density at radius 3 is 1.33 bits per heavy atom. The van der Waals surface area contributed by atoms with Gasteiger partial charge in [-0.25, -0.2) is 0 Å². The minimum absolute atomic E-state index is 0. The van der Waals surface area contributed by atoms with Crippen LogP contribution in [0.2, 0.25) is 0 Å². The number of anilines is 3. The van der Waals surface area contributed by atoms with Crippen LogP contribution in [0.1, 0.15) is 63.8 Å². The fraction of sp³-hybridized carbons (Fsp3) is 0.100. The summed E-state index contributed by atoms with van der Waals surface area (Å²) in [4.78, 5) is 25.6. The summed E-state index contributed by atoms with van der Waals surface area (Å²) < 4.78 is 2.31. The molecule has 0 bridgehead atoms. The van der Waals surface area contributed by atoms with E-state index in [-0.39, 0.29) is 73.1 Å². The van der Waals surface area contributed by atoms with Crippen LogP contribution < -0.4 is 4.90 Å². The molecule has 100 heavy (non-hydrogen) atoms. The number of rotatable bonds is 11. The third-order valence-electron chi connectivity index (χ3n) is 17.3. The van der Waals surface area contributed by atoms with Crippen LogP contribution >= 0.6 is 0 Å². The molecule has 0 atom stereocenters. The summed E-state index contributed by atoms with van der Waals surface area (Å²) in [6.07, 6.45) is 8.03. The van der Waals surface area contributed by atoms with Crippen LogP contribution in [0.5, 0.6) is 0 Å². The zero-order valence-corrected chi connectivity index (χ0v) is 63.1. The molecule has 0 spiro atoms. The van der Waals surface area contributed by atoms with E-state index >= 15 is 0 Å². The van der Waals surface area contributed by atoms with E-state index in [1.54, 1.807) is 0 Å². The van der Waals surface area contributed by atoms with E-state index in [0.717, 1.165) is 107 Å². The molecule has 10 heteroatoms. The molecule has 0 aliphatic carbocycles. The Kier molecular flexibility index (Phi) is 22.8. The van der Waals surface area contributed by atoms with E-state index in [2.05, 4.69) is 271 Å². The average Bonchev–Trinajstić information content (AvgIpc) is 1.52. The van der Waals surface area contributed by atoms with Crippen LogP contribution in [-0.2, 0) is 79.5 Å². The smallest absolute Gasteiger partial charge is 0.327 e. The van der Waals surface area contributed by atoms with E-state index in [9.17, 15) is 0 Å². The van der Waals surface area contributed by atoms with Crippen molar-refractivity contribution in [3.63, 3.8) is 0 Å². The maximum absolute atomic E-state index is 5.14. The van der Waals surface area contributed by atoms with Crippen molar-refractivity contribution in [2.24, 2.45) is 0 Å². The van der Waals surface area contributed by atoms with E-state index in [1.807, 2.05) is 134 Å². The third kappa shape index (κ3) is 16.0. The average molecular weight is 1830 g/mol. The van der Waals surface area contributed by atoms with Gasteiger partial charge in [-0.3, -0.25) is 4.98 Å². The van der Waals surface area contributed by atoms with Crippen LogP contribution in [0.3, 0.4) is 0 Å². The number of fused-ring (bicyclic) bond motifs is 5. The quantitative estimate of drug-likeness (QED) is 0.120. The molecule has 1 radical (unpaired) electrons. The van der Waals surface area contributed by atoms with Gasteiger partial charge in [0.15, 0.2) is 0 Å². The molecule has 0 unspecified atom stereocenters. The molecule has 6 heterocycles. The monoisotopic (exact) mass is 1830 g/mol. The molecular weight excluding hydrogens is 1760 g/mol. The predicted octanol–water partition coefficient (Wildman–Crippen LogP) is 22.4. The summed E-state index contributed by atoms with van der Waals surface area (Å²) in [5, 5.41) is 7.25. The molecular formula is C90H70IrN7Pt2-. The zero-order chi connectivity index (χ0) is 66.3. The summed E-state index contributed by atoms with van der Waals surface area (Å²) in [7, 11) is 0. The SMILES string of the molecule is CC(C)(C)c1cc(N(c2[c-]c(-c3ccccn3)ccc2)c2cccc(-c3[c-]cccc3)n2)cc(C(C)(C)C)c1.[Ir].[Pt+2].[Pt+2].[c-]1c(Cc2[c-]c(-c3ccccn3)c3ccccc3c2)cc2ccccc2c1-c1ccccn1.[c-]1ccc(-n2c3ccccc3c3ccccc32)cc1-c1ccccn1. The second-order valence-corrected chi connectivity index (χ2v) is 26.1. The number of hydrogen-bond donors (Lipinski definition) is 0. The van der Waals surface area contributed by atoms with E-state index in [4.69, 9.17) is 4.98 Å². The first-order valence-electron chi connectivity index (χ1n) is 32.8. The number of pyridine rings is 5. The second kappa shape index (κ2) is 32.0. The molecule has 16 aromatic rings. The van der Waals surface area contributed by atoms with Crippen molar-refractivity contribution < 1.29 is 62.2 Å². The van der Waals surface area contributed by atoms with E-state index in [1.165, 1.54) is 43.7 Å². The molecule has 0 aliphatic heterocycles. The standard InChI is InChI=1S/C36H35N3.C31H20N2.C23H15N2.Ir.2Pt/c1-35(2,3)28-23-29(36(4,5)6)25-31(24-28)39(30-17-12-16-27(22-30)32-18-10-11-21-37-32)34-20-13-19-33(38-34)26-14-8-7-9-15-26;1-3-11-26-24(9-1)18-22(20-28(26)30-13-5-7-15-32-30)17-23-19-25-10-2-4-12-27(25)29(21-23)31-14-6-8-16-33-31;1-3-13-22-19(10-1)20-11-2-4-14-23(20)25(22)18-9-7-8-17(16-18)21-12-5-6-15-24-21;;;/h7-14,16-21,23-25H,1-6H3;1-16,18-19H,17H2;1-7,9-16H;;;/q2*-2;-1;;2*+2. The van der Waals surface area contributed by atoms with Gasteiger partial charge in [-0.1, -0.05) is 204 Å². The molecule has 16 rings (SSSR count).